The van der Waals surface area contributed by atoms with E-state index in [0.717, 1.165) is 29.8 Å². The van der Waals surface area contributed by atoms with E-state index in [1.165, 1.54) is 21.5 Å². The van der Waals surface area contributed by atoms with Gasteiger partial charge in [0.05, 0.1) is 17.1 Å². The highest BCUT2D eigenvalue weighted by atomic mass is 19.1. The molecular weight excluding hydrogens is 494 g/mol. The molecule has 0 atom stereocenters. The van der Waals surface area contributed by atoms with Crippen LogP contribution in [0.4, 0.5) is 17.6 Å². The molecule has 3 heterocycles. The van der Waals surface area contributed by atoms with Crippen LogP contribution in [0.2, 0.25) is 0 Å². The molecule has 3 aromatic heterocycles. The summed E-state index contributed by atoms with van der Waals surface area (Å²) in [4.78, 5) is 4.60. The minimum atomic E-state index is -0.755. The summed E-state index contributed by atoms with van der Waals surface area (Å²) >= 11 is 0. The minimum absolute atomic E-state index is 0.0837. The SMILES string of the molecule is Fc1ccc(-n2ccc(-c3ccnc(-c4ccccc4)c3-c3ccn(-c4ccc(F)cc4F)n3)n2)c(F)c1. The molecule has 0 bridgehead atoms. The molecule has 0 fully saturated rings. The standard InChI is InChI=1S/C29H17F4N5/c30-19-6-8-26(22(32)16-19)37-14-11-24(35-37)21-10-13-34-29(18-4-2-1-3-5-18)28(21)25-12-15-38(36-25)27-9-7-20(31)17-23(27)33/h1-17H. The second-order valence-electron chi connectivity index (χ2n) is 8.43. The van der Waals surface area contributed by atoms with E-state index < -0.39 is 23.3 Å². The second-order valence-corrected chi connectivity index (χ2v) is 8.43. The normalized spacial score (nSPS) is 11.2. The molecule has 0 spiro atoms. The van der Waals surface area contributed by atoms with Gasteiger partial charge in [0, 0.05) is 47.4 Å². The minimum Gasteiger partial charge on any atom is -0.256 e. The first-order chi connectivity index (χ1) is 18.5. The number of rotatable bonds is 5. The first kappa shape index (κ1) is 23.4. The predicted octanol–water partition coefficient (Wildman–Crippen LogP) is 7.01. The van der Waals surface area contributed by atoms with Gasteiger partial charge in [-0.1, -0.05) is 30.3 Å². The van der Waals surface area contributed by atoms with Gasteiger partial charge < -0.3 is 0 Å². The Morgan fingerprint density at radius 2 is 1.16 bits per heavy atom. The third-order valence-corrected chi connectivity index (χ3v) is 6.02. The summed E-state index contributed by atoms with van der Waals surface area (Å²) in [5.41, 5.74) is 3.82. The van der Waals surface area contributed by atoms with Crippen LogP contribution in [0.15, 0.2) is 104 Å². The average Bonchev–Trinajstić information content (AvgIpc) is 3.59. The number of benzene rings is 3. The lowest BCUT2D eigenvalue weighted by atomic mass is 9.97. The van der Waals surface area contributed by atoms with Gasteiger partial charge in [-0.3, -0.25) is 4.98 Å². The van der Waals surface area contributed by atoms with Gasteiger partial charge in [-0.25, -0.2) is 26.9 Å². The summed E-state index contributed by atoms with van der Waals surface area (Å²) in [7, 11) is 0. The quantitative estimate of drug-likeness (QED) is 0.234. The van der Waals surface area contributed by atoms with Gasteiger partial charge in [-0.15, -0.1) is 0 Å². The van der Waals surface area contributed by atoms with E-state index in [1.807, 2.05) is 30.3 Å². The maximum Gasteiger partial charge on any atom is 0.151 e. The fraction of sp³-hybridized carbons (Fsp3) is 0. The maximum absolute atomic E-state index is 14.5. The zero-order chi connectivity index (χ0) is 26.2. The van der Waals surface area contributed by atoms with Crippen molar-refractivity contribution in [2.45, 2.75) is 0 Å². The van der Waals surface area contributed by atoms with Gasteiger partial charge in [-0.05, 0) is 42.5 Å². The van der Waals surface area contributed by atoms with Crippen LogP contribution in [-0.4, -0.2) is 24.5 Å². The molecule has 0 saturated heterocycles. The van der Waals surface area contributed by atoms with Crippen molar-refractivity contribution in [3.05, 3.63) is 127 Å². The van der Waals surface area contributed by atoms with E-state index in [2.05, 4.69) is 15.2 Å². The highest BCUT2D eigenvalue weighted by Gasteiger charge is 2.20. The Balaban J connectivity index is 1.52. The van der Waals surface area contributed by atoms with Crippen molar-refractivity contribution in [1.29, 1.82) is 0 Å². The van der Waals surface area contributed by atoms with Gasteiger partial charge in [0.25, 0.3) is 0 Å². The molecule has 6 aromatic rings. The predicted molar refractivity (Wildman–Crippen MR) is 135 cm³/mol. The van der Waals surface area contributed by atoms with Crippen LogP contribution in [0, 0.1) is 23.3 Å². The Labute approximate surface area is 214 Å². The van der Waals surface area contributed by atoms with Gasteiger partial charge in [0.15, 0.2) is 11.6 Å². The van der Waals surface area contributed by atoms with E-state index >= 15 is 0 Å². The monoisotopic (exact) mass is 511 g/mol. The van der Waals surface area contributed by atoms with Crippen molar-refractivity contribution >= 4 is 0 Å². The zero-order valence-electron chi connectivity index (χ0n) is 19.6. The van der Waals surface area contributed by atoms with E-state index in [4.69, 9.17) is 0 Å². The summed E-state index contributed by atoms with van der Waals surface area (Å²) in [5, 5.41) is 9.12. The lowest BCUT2D eigenvalue weighted by molar-refractivity contribution is 0.573. The first-order valence-corrected chi connectivity index (χ1v) is 11.6. The smallest absolute Gasteiger partial charge is 0.151 e. The Morgan fingerprint density at radius 1 is 0.579 bits per heavy atom. The summed E-state index contributed by atoms with van der Waals surface area (Å²) in [6.07, 6.45) is 4.78. The Morgan fingerprint density at radius 3 is 1.76 bits per heavy atom. The molecule has 0 unspecified atom stereocenters. The van der Waals surface area contributed by atoms with Crippen molar-refractivity contribution in [2.75, 3.05) is 0 Å². The topological polar surface area (TPSA) is 48.5 Å². The molecule has 0 radical (unpaired) electrons. The van der Waals surface area contributed by atoms with Crippen molar-refractivity contribution < 1.29 is 17.6 Å². The Kier molecular flexibility index (Phi) is 5.80. The molecular formula is C29H17F4N5. The van der Waals surface area contributed by atoms with Gasteiger partial charge >= 0.3 is 0 Å². The summed E-state index contributed by atoms with van der Waals surface area (Å²) < 4.78 is 58.4. The molecule has 3 aromatic carbocycles. The highest BCUT2D eigenvalue weighted by Crippen LogP contribution is 2.38. The highest BCUT2D eigenvalue weighted by molar-refractivity contribution is 5.90. The lowest BCUT2D eigenvalue weighted by Gasteiger charge is -2.12. The third kappa shape index (κ3) is 4.24. The van der Waals surface area contributed by atoms with E-state index in [9.17, 15) is 17.6 Å². The van der Waals surface area contributed by atoms with Crippen LogP contribution in [0.3, 0.4) is 0 Å². The van der Waals surface area contributed by atoms with Gasteiger partial charge in [-0.2, -0.15) is 10.2 Å². The van der Waals surface area contributed by atoms with E-state index in [0.29, 0.717) is 28.2 Å². The molecule has 0 amide bonds. The third-order valence-electron chi connectivity index (χ3n) is 6.02. The average molecular weight is 511 g/mol. The van der Waals surface area contributed by atoms with Crippen molar-refractivity contribution in [3.63, 3.8) is 0 Å². The van der Waals surface area contributed by atoms with Crippen LogP contribution in [0.25, 0.3) is 45.1 Å². The number of pyridine rings is 1. The summed E-state index contributed by atoms with van der Waals surface area (Å²) in [6.45, 7) is 0. The Hall–Kier alpha value is -5.05. The largest absolute Gasteiger partial charge is 0.256 e. The number of aromatic nitrogens is 5. The molecule has 9 heteroatoms. The molecule has 38 heavy (non-hydrogen) atoms. The van der Waals surface area contributed by atoms with Crippen LogP contribution in [0.5, 0.6) is 0 Å². The number of halogens is 4. The molecule has 0 aliphatic carbocycles. The Bertz CT molecular complexity index is 1780. The number of hydrogen-bond donors (Lipinski definition) is 0. The first-order valence-electron chi connectivity index (χ1n) is 11.6. The molecule has 0 N–H and O–H groups in total. The fourth-order valence-electron chi connectivity index (χ4n) is 4.28. The van der Waals surface area contributed by atoms with Crippen LogP contribution >= 0.6 is 0 Å². The fourth-order valence-corrected chi connectivity index (χ4v) is 4.28. The van der Waals surface area contributed by atoms with Gasteiger partial charge in [0.1, 0.15) is 23.0 Å². The van der Waals surface area contributed by atoms with Crippen molar-refractivity contribution in [2.24, 2.45) is 0 Å². The number of nitrogens with zero attached hydrogens (tertiary/aromatic N) is 5. The number of hydrogen-bond acceptors (Lipinski definition) is 3. The lowest BCUT2D eigenvalue weighted by Crippen LogP contribution is -2.01. The van der Waals surface area contributed by atoms with Crippen LogP contribution in [-0.2, 0) is 0 Å². The summed E-state index contributed by atoms with van der Waals surface area (Å²) in [6, 6.07) is 21.1. The van der Waals surface area contributed by atoms with E-state index in [-0.39, 0.29) is 11.4 Å². The molecule has 6 rings (SSSR count). The maximum atomic E-state index is 14.5. The van der Waals surface area contributed by atoms with Crippen molar-refractivity contribution in [1.82, 2.24) is 24.5 Å². The molecule has 5 nitrogen and oxygen atoms in total. The van der Waals surface area contributed by atoms with Crippen molar-refractivity contribution in [3.8, 4) is 45.1 Å². The second kappa shape index (κ2) is 9.44. The molecule has 0 aliphatic heterocycles. The zero-order valence-corrected chi connectivity index (χ0v) is 19.6. The molecule has 186 valence electrons. The molecule has 0 saturated carbocycles. The summed E-state index contributed by atoms with van der Waals surface area (Å²) in [5.74, 6) is -2.88. The van der Waals surface area contributed by atoms with Crippen LogP contribution in [0.1, 0.15) is 0 Å². The van der Waals surface area contributed by atoms with Crippen LogP contribution < -0.4 is 0 Å². The van der Waals surface area contributed by atoms with E-state index in [1.54, 1.807) is 36.8 Å². The van der Waals surface area contributed by atoms with Gasteiger partial charge in [0.2, 0.25) is 0 Å². The molecule has 0 aliphatic rings.